The van der Waals surface area contributed by atoms with Gasteiger partial charge < -0.3 is 15.0 Å². The highest BCUT2D eigenvalue weighted by Crippen LogP contribution is 2.38. The van der Waals surface area contributed by atoms with Crippen LogP contribution in [0.3, 0.4) is 0 Å². The topological polar surface area (TPSA) is 74.8 Å². The molecule has 0 fully saturated rings. The number of amides is 2. The molecule has 2 amide bonds. The summed E-state index contributed by atoms with van der Waals surface area (Å²) in [6.07, 6.45) is -0.454. The Labute approximate surface area is 191 Å². The second kappa shape index (κ2) is 9.10. The van der Waals surface area contributed by atoms with Crippen molar-refractivity contribution in [1.29, 1.82) is 0 Å². The van der Waals surface area contributed by atoms with Gasteiger partial charge in [-0.25, -0.2) is 4.98 Å². The van der Waals surface area contributed by atoms with Crippen molar-refractivity contribution in [1.82, 2.24) is 9.88 Å². The van der Waals surface area contributed by atoms with E-state index in [1.807, 2.05) is 61.7 Å². The molecule has 32 heavy (non-hydrogen) atoms. The highest BCUT2D eigenvalue weighted by atomic mass is 32.1. The minimum absolute atomic E-state index is 0.0749. The highest BCUT2D eigenvalue weighted by molar-refractivity contribution is 7.14. The third-order valence-electron chi connectivity index (χ3n) is 5.52. The first-order valence-electron chi connectivity index (χ1n) is 10.4. The molecule has 1 aromatic heterocycles. The Bertz CT molecular complexity index is 1140. The zero-order chi connectivity index (χ0) is 22.8. The summed E-state index contributed by atoms with van der Waals surface area (Å²) in [5.74, 6) is -0.188. The van der Waals surface area contributed by atoms with E-state index in [2.05, 4.69) is 5.32 Å². The van der Waals surface area contributed by atoms with Crippen molar-refractivity contribution in [3.63, 3.8) is 0 Å². The standard InChI is InChI=1S/C24H26N4O3S/c1-15-8-7-9-16(2)21(15)28(17(3)29)24-26-20(14-32-24)22-25-19-11-6-5-10-18(19)23(30)27(22)12-13-31-4/h5-11,14,22,25H,12-13H2,1-4H3. The minimum Gasteiger partial charge on any atom is -0.383 e. The van der Waals surface area contributed by atoms with Crippen LogP contribution < -0.4 is 10.2 Å². The van der Waals surface area contributed by atoms with Crippen LogP contribution in [0, 0.1) is 13.8 Å². The fraction of sp³-hybridized carbons (Fsp3) is 0.292. The van der Waals surface area contributed by atoms with Crippen molar-refractivity contribution >= 4 is 39.7 Å². The summed E-state index contributed by atoms with van der Waals surface area (Å²) in [6, 6.07) is 13.4. The summed E-state index contributed by atoms with van der Waals surface area (Å²) in [5.41, 5.74) is 4.91. The predicted octanol–water partition coefficient (Wildman–Crippen LogP) is 4.66. The maximum absolute atomic E-state index is 13.2. The SMILES string of the molecule is COCCN1C(=O)c2ccccc2NC1c1csc(N(C(C)=O)c2c(C)cccc2C)n1. The number of fused-ring (bicyclic) bond motifs is 1. The molecular formula is C24H26N4O3S. The van der Waals surface area contributed by atoms with Crippen LogP contribution in [-0.2, 0) is 9.53 Å². The number of aryl methyl sites for hydroxylation is 2. The minimum atomic E-state index is -0.454. The van der Waals surface area contributed by atoms with Gasteiger partial charge in [-0.15, -0.1) is 11.3 Å². The van der Waals surface area contributed by atoms with Crippen LogP contribution in [0.15, 0.2) is 47.8 Å². The van der Waals surface area contributed by atoms with Gasteiger partial charge in [0.25, 0.3) is 5.91 Å². The third-order valence-corrected chi connectivity index (χ3v) is 6.36. The summed E-state index contributed by atoms with van der Waals surface area (Å²) in [7, 11) is 1.61. The first kappa shape index (κ1) is 22.0. The van der Waals surface area contributed by atoms with Gasteiger partial charge in [-0.1, -0.05) is 30.3 Å². The van der Waals surface area contributed by atoms with Crippen LogP contribution in [-0.4, -0.2) is 42.0 Å². The average molecular weight is 451 g/mol. The molecule has 1 N–H and O–H groups in total. The van der Waals surface area contributed by atoms with Gasteiger partial charge in [0.15, 0.2) is 5.13 Å². The molecule has 166 valence electrons. The van der Waals surface area contributed by atoms with Crippen LogP contribution in [0.5, 0.6) is 0 Å². The van der Waals surface area contributed by atoms with Gasteiger partial charge in [0.2, 0.25) is 5.91 Å². The van der Waals surface area contributed by atoms with E-state index in [9.17, 15) is 9.59 Å². The molecule has 3 aromatic rings. The Morgan fingerprint density at radius 1 is 1.19 bits per heavy atom. The van der Waals surface area contributed by atoms with Crippen molar-refractivity contribution in [2.45, 2.75) is 26.9 Å². The van der Waals surface area contributed by atoms with Crippen LogP contribution in [0.4, 0.5) is 16.5 Å². The van der Waals surface area contributed by atoms with E-state index in [0.717, 1.165) is 22.5 Å². The monoisotopic (exact) mass is 450 g/mol. The molecule has 2 heterocycles. The maximum Gasteiger partial charge on any atom is 0.257 e. The number of ether oxygens (including phenoxy) is 1. The number of hydrogen-bond acceptors (Lipinski definition) is 6. The lowest BCUT2D eigenvalue weighted by Crippen LogP contribution is -2.44. The van der Waals surface area contributed by atoms with E-state index >= 15 is 0 Å². The number of aromatic nitrogens is 1. The van der Waals surface area contributed by atoms with Gasteiger partial charge in [0.05, 0.1) is 23.6 Å². The second-order valence-corrected chi connectivity index (χ2v) is 8.57. The molecule has 1 aliphatic rings. The number of benzene rings is 2. The van der Waals surface area contributed by atoms with E-state index in [1.165, 1.54) is 18.3 Å². The molecule has 1 aliphatic heterocycles. The lowest BCUT2D eigenvalue weighted by atomic mass is 10.1. The highest BCUT2D eigenvalue weighted by Gasteiger charge is 2.34. The Kier molecular flexibility index (Phi) is 6.25. The van der Waals surface area contributed by atoms with Gasteiger partial charge in [-0.05, 0) is 37.1 Å². The van der Waals surface area contributed by atoms with Crippen LogP contribution in [0.2, 0.25) is 0 Å². The molecule has 8 heteroatoms. The van der Waals surface area contributed by atoms with E-state index in [0.29, 0.717) is 29.5 Å². The number of rotatable bonds is 6. The molecule has 4 rings (SSSR count). The largest absolute Gasteiger partial charge is 0.383 e. The summed E-state index contributed by atoms with van der Waals surface area (Å²) in [6.45, 7) is 6.33. The molecule has 0 bridgehead atoms. The van der Waals surface area contributed by atoms with Crippen molar-refractivity contribution in [3.8, 4) is 0 Å². The van der Waals surface area contributed by atoms with Crippen LogP contribution >= 0.6 is 11.3 Å². The molecule has 1 atom stereocenters. The Morgan fingerprint density at radius 2 is 1.91 bits per heavy atom. The summed E-state index contributed by atoms with van der Waals surface area (Å²) in [4.78, 5) is 34.0. The van der Waals surface area contributed by atoms with E-state index in [1.54, 1.807) is 16.9 Å². The summed E-state index contributed by atoms with van der Waals surface area (Å²) in [5, 5.41) is 5.91. The summed E-state index contributed by atoms with van der Waals surface area (Å²) < 4.78 is 5.23. The van der Waals surface area contributed by atoms with Gasteiger partial charge >= 0.3 is 0 Å². The fourth-order valence-corrected chi connectivity index (χ4v) is 4.89. The number of nitrogens with zero attached hydrogens (tertiary/aromatic N) is 3. The van der Waals surface area contributed by atoms with Crippen molar-refractivity contribution in [2.24, 2.45) is 0 Å². The molecule has 0 saturated heterocycles. The zero-order valence-corrected chi connectivity index (χ0v) is 19.4. The summed E-state index contributed by atoms with van der Waals surface area (Å²) >= 11 is 1.39. The fourth-order valence-electron chi connectivity index (χ4n) is 4.00. The number of carbonyl (C=O) groups excluding carboxylic acids is 2. The molecule has 0 spiro atoms. The molecule has 7 nitrogen and oxygen atoms in total. The molecule has 2 aromatic carbocycles. The number of methoxy groups -OCH3 is 1. The van der Waals surface area contributed by atoms with E-state index in [4.69, 9.17) is 9.72 Å². The Hall–Kier alpha value is -3.23. The number of hydrogen-bond donors (Lipinski definition) is 1. The number of thiazole rings is 1. The van der Waals surface area contributed by atoms with Gasteiger partial charge in [-0.2, -0.15) is 0 Å². The number of nitrogens with one attached hydrogen (secondary N) is 1. The maximum atomic E-state index is 13.2. The predicted molar refractivity (Wildman–Crippen MR) is 127 cm³/mol. The quantitative estimate of drug-likeness (QED) is 0.591. The normalized spacial score (nSPS) is 15.3. The first-order chi connectivity index (χ1) is 15.4. The Morgan fingerprint density at radius 3 is 2.59 bits per heavy atom. The lowest BCUT2D eigenvalue weighted by Gasteiger charge is -2.37. The average Bonchev–Trinajstić information content (AvgIpc) is 3.24. The number of para-hydroxylation sites is 2. The van der Waals surface area contributed by atoms with Crippen molar-refractivity contribution < 1.29 is 14.3 Å². The molecule has 0 radical (unpaired) electrons. The van der Waals surface area contributed by atoms with Crippen LogP contribution in [0.1, 0.15) is 40.3 Å². The second-order valence-electron chi connectivity index (χ2n) is 7.73. The van der Waals surface area contributed by atoms with Gasteiger partial charge in [0, 0.05) is 31.6 Å². The number of anilines is 3. The van der Waals surface area contributed by atoms with Gasteiger partial charge in [0.1, 0.15) is 6.17 Å². The van der Waals surface area contributed by atoms with Crippen LogP contribution in [0.25, 0.3) is 0 Å². The number of carbonyl (C=O) groups is 2. The first-order valence-corrected chi connectivity index (χ1v) is 11.3. The molecule has 1 unspecified atom stereocenters. The Balaban J connectivity index is 1.74. The van der Waals surface area contributed by atoms with E-state index in [-0.39, 0.29) is 11.8 Å². The van der Waals surface area contributed by atoms with E-state index < -0.39 is 6.17 Å². The zero-order valence-electron chi connectivity index (χ0n) is 18.6. The molecule has 0 aliphatic carbocycles. The van der Waals surface area contributed by atoms with Gasteiger partial charge in [-0.3, -0.25) is 14.5 Å². The lowest BCUT2D eigenvalue weighted by molar-refractivity contribution is -0.115. The van der Waals surface area contributed by atoms with Crippen molar-refractivity contribution in [3.05, 3.63) is 70.2 Å². The third kappa shape index (κ3) is 3.99. The molecular weight excluding hydrogens is 424 g/mol. The molecule has 0 saturated carbocycles. The smallest absolute Gasteiger partial charge is 0.257 e. The van der Waals surface area contributed by atoms with Crippen molar-refractivity contribution in [2.75, 3.05) is 30.5 Å².